The first-order valence-corrected chi connectivity index (χ1v) is 11.9. The number of imidazole rings is 1. The third kappa shape index (κ3) is 4.89. The van der Waals surface area contributed by atoms with Gasteiger partial charge in [0.1, 0.15) is 24.2 Å². The van der Waals surface area contributed by atoms with Crippen LogP contribution in [0.2, 0.25) is 0 Å². The molecule has 0 bridgehead atoms. The molecule has 3 aromatic rings. The lowest BCUT2D eigenvalue weighted by Gasteiger charge is -2.27. The number of rotatable bonds is 10. The van der Waals surface area contributed by atoms with Crippen LogP contribution >= 0.6 is 0 Å². The summed E-state index contributed by atoms with van der Waals surface area (Å²) in [5, 5.41) is 8.77. The molecule has 0 saturated carbocycles. The van der Waals surface area contributed by atoms with Crippen molar-refractivity contribution in [3.8, 4) is 5.75 Å². The number of nitrogens with zero attached hydrogens (tertiary/aromatic N) is 4. The molecule has 1 fully saturated rings. The number of carboxylic acid groups (broad SMARTS) is 1. The number of benzene rings is 1. The quantitative estimate of drug-likeness (QED) is 0.439. The van der Waals surface area contributed by atoms with Crippen molar-refractivity contribution in [1.82, 2.24) is 19.9 Å². The highest BCUT2D eigenvalue weighted by molar-refractivity contribution is 5.83. The Hall–Kier alpha value is -3.46. The van der Waals surface area contributed by atoms with Gasteiger partial charge in [-0.3, -0.25) is 4.79 Å². The zero-order chi connectivity index (χ0) is 23.3. The number of carbonyl (C=O) groups is 1. The Morgan fingerprint density at radius 3 is 3.09 bits per heavy atom. The number of hydrogen-bond donors (Lipinski definition) is 2. The molecule has 1 aliphatic heterocycles. The molecule has 9 heteroatoms. The highest BCUT2D eigenvalue weighted by atomic mass is 16.5. The van der Waals surface area contributed by atoms with E-state index in [0.717, 1.165) is 60.4 Å². The van der Waals surface area contributed by atoms with Crippen LogP contribution < -0.4 is 9.64 Å². The number of H-pyrrole nitrogens is 1. The monoisotopic (exact) mass is 463 g/mol. The molecular formula is C25H29N5O4. The Morgan fingerprint density at radius 2 is 2.18 bits per heavy atom. The van der Waals surface area contributed by atoms with Gasteiger partial charge in [0.2, 0.25) is 0 Å². The van der Waals surface area contributed by atoms with Crippen LogP contribution in [0.4, 0.5) is 5.82 Å². The highest BCUT2D eigenvalue weighted by Crippen LogP contribution is 2.32. The second-order valence-corrected chi connectivity index (χ2v) is 8.75. The van der Waals surface area contributed by atoms with Crippen LogP contribution in [0, 0.1) is 0 Å². The molecule has 9 nitrogen and oxygen atoms in total. The van der Waals surface area contributed by atoms with Gasteiger partial charge in [-0.05, 0) is 37.3 Å². The molecule has 5 rings (SSSR count). The van der Waals surface area contributed by atoms with Crippen molar-refractivity contribution in [2.75, 3.05) is 24.7 Å². The van der Waals surface area contributed by atoms with Gasteiger partial charge in [0, 0.05) is 31.6 Å². The summed E-state index contributed by atoms with van der Waals surface area (Å²) in [6.45, 7) is 2.05. The average molecular weight is 464 g/mol. The van der Waals surface area contributed by atoms with E-state index in [1.54, 1.807) is 12.7 Å². The molecule has 0 spiro atoms. The standard InChI is InChI=1S/C25H29N5O4/c31-22(32)8-1-2-12-33-19-10-9-17-5-3-7-21(20(17)13-19)34-14-18-6-4-11-30(18)25-23-24(27-15-26-23)28-16-29-25/h3,5,7,9-10,15-16,18-19H,1-2,4,6,8,11-14H2,(H,31,32)(H,26,27,28,29). The van der Waals surface area contributed by atoms with E-state index in [2.05, 4.69) is 43.1 Å². The number of aromatic nitrogens is 4. The van der Waals surface area contributed by atoms with E-state index in [1.807, 2.05) is 12.1 Å². The summed E-state index contributed by atoms with van der Waals surface area (Å²) in [7, 11) is 0. The number of hydrogen-bond acceptors (Lipinski definition) is 7. The van der Waals surface area contributed by atoms with Gasteiger partial charge < -0.3 is 24.5 Å². The second-order valence-electron chi connectivity index (χ2n) is 8.75. The minimum atomic E-state index is -0.761. The fourth-order valence-corrected chi connectivity index (χ4v) is 4.74. The third-order valence-corrected chi connectivity index (χ3v) is 6.47. The molecule has 2 aliphatic rings. The fourth-order valence-electron chi connectivity index (χ4n) is 4.74. The van der Waals surface area contributed by atoms with Gasteiger partial charge in [-0.25, -0.2) is 15.0 Å². The number of nitrogens with one attached hydrogen (secondary N) is 1. The van der Waals surface area contributed by atoms with Gasteiger partial charge >= 0.3 is 5.97 Å². The lowest BCUT2D eigenvalue weighted by molar-refractivity contribution is -0.137. The van der Waals surface area contributed by atoms with Gasteiger partial charge in [0.15, 0.2) is 11.5 Å². The van der Waals surface area contributed by atoms with Gasteiger partial charge in [0.25, 0.3) is 0 Å². The number of anilines is 1. The third-order valence-electron chi connectivity index (χ3n) is 6.47. The maximum atomic E-state index is 10.7. The zero-order valence-electron chi connectivity index (χ0n) is 19.0. The van der Waals surface area contributed by atoms with Gasteiger partial charge in [0.05, 0.1) is 18.5 Å². The summed E-state index contributed by atoms with van der Waals surface area (Å²) in [6.07, 6.45) is 11.8. The maximum absolute atomic E-state index is 10.7. The van der Waals surface area contributed by atoms with E-state index < -0.39 is 5.97 Å². The lowest BCUT2D eigenvalue weighted by Crippen LogP contribution is -2.35. The Labute approximate surface area is 197 Å². The Morgan fingerprint density at radius 1 is 1.24 bits per heavy atom. The van der Waals surface area contributed by atoms with E-state index in [9.17, 15) is 4.79 Å². The molecule has 2 N–H and O–H groups in total. The predicted molar refractivity (Wildman–Crippen MR) is 128 cm³/mol. The lowest BCUT2D eigenvalue weighted by atomic mass is 9.94. The van der Waals surface area contributed by atoms with Crippen LogP contribution in [0.5, 0.6) is 5.75 Å². The number of unbranched alkanes of at least 4 members (excludes halogenated alkanes) is 1. The first-order valence-electron chi connectivity index (χ1n) is 11.9. The van der Waals surface area contributed by atoms with Crippen LogP contribution in [-0.2, 0) is 16.0 Å². The summed E-state index contributed by atoms with van der Waals surface area (Å²) < 4.78 is 12.4. The van der Waals surface area contributed by atoms with Crippen molar-refractivity contribution >= 4 is 29.0 Å². The van der Waals surface area contributed by atoms with Gasteiger partial charge in [-0.1, -0.05) is 24.3 Å². The second kappa shape index (κ2) is 10.2. The number of carboxylic acids is 1. The van der Waals surface area contributed by atoms with Crippen molar-refractivity contribution in [1.29, 1.82) is 0 Å². The molecule has 2 atom stereocenters. The molecule has 34 heavy (non-hydrogen) atoms. The van der Waals surface area contributed by atoms with Crippen LogP contribution in [0.1, 0.15) is 43.2 Å². The Balaban J connectivity index is 1.22. The van der Waals surface area contributed by atoms with Crippen molar-refractivity contribution in [2.24, 2.45) is 0 Å². The molecule has 1 saturated heterocycles. The normalized spacial score (nSPS) is 19.5. The molecule has 0 amide bonds. The first-order chi connectivity index (χ1) is 16.7. The minimum Gasteiger partial charge on any atom is -0.491 e. The summed E-state index contributed by atoms with van der Waals surface area (Å²) >= 11 is 0. The molecule has 1 aromatic carbocycles. The Bertz CT molecular complexity index is 1180. The first kappa shape index (κ1) is 22.3. The largest absolute Gasteiger partial charge is 0.491 e. The summed E-state index contributed by atoms with van der Waals surface area (Å²) in [5.74, 6) is 1.01. The summed E-state index contributed by atoms with van der Waals surface area (Å²) in [5.41, 5.74) is 3.85. The average Bonchev–Trinajstić information content (AvgIpc) is 3.51. The van der Waals surface area contributed by atoms with E-state index in [1.165, 1.54) is 0 Å². The molecule has 1 aliphatic carbocycles. The van der Waals surface area contributed by atoms with Crippen molar-refractivity contribution < 1.29 is 19.4 Å². The van der Waals surface area contributed by atoms with Crippen LogP contribution in [0.25, 0.3) is 17.2 Å². The molecular weight excluding hydrogens is 434 g/mol. The number of fused-ring (bicyclic) bond motifs is 2. The van der Waals surface area contributed by atoms with Crippen molar-refractivity contribution in [2.45, 2.75) is 50.7 Å². The number of aliphatic carboxylic acids is 1. The topological polar surface area (TPSA) is 113 Å². The maximum Gasteiger partial charge on any atom is 0.303 e. The van der Waals surface area contributed by atoms with Crippen molar-refractivity contribution in [3.05, 3.63) is 48.1 Å². The van der Waals surface area contributed by atoms with E-state index in [0.29, 0.717) is 25.3 Å². The highest BCUT2D eigenvalue weighted by Gasteiger charge is 2.29. The smallest absolute Gasteiger partial charge is 0.303 e. The number of aromatic amines is 1. The molecule has 3 heterocycles. The molecule has 178 valence electrons. The van der Waals surface area contributed by atoms with Crippen LogP contribution in [0.3, 0.4) is 0 Å². The SMILES string of the molecule is O=C(O)CCCCOC1C=Cc2cccc(OCC3CCCN3c3ncnc4nc[nH]c34)c2C1. The van der Waals surface area contributed by atoms with E-state index in [4.69, 9.17) is 14.6 Å². The van der Waals surface area contributed by atoms with Gasteiger partial charge in [-0.15, -0.1) is 0 Å². The van der Waals surface area contributed by atoms with E-state index >= 15 is 0 Å². The fraction of sp³-hybridized carbons (Fsp3) is 0.440. The number of ether oxygens (including phenoxy) is 2. The zero-order valence-corrected chi connectivity index (χ0v) is 19.0. The molecule has 0 radical (unpaired) electrons. The molecule has 2 unspecified atom stereocenters. The van der Waals surface area contributed by atoms with Crippen LogP contribution in [-0.4, -0.2) is 62.9 Å². The summed E-state index contributed by atoms with van der Waals surface area (Å²) in [4.78, 5) is 29.1. The van der Waals surface area contributed by atoms with E-state index in [-0.39, 0.29) is 18.6 Å². The molecule has 2 aromatic heterocycles. The predicted octanol–water partition coefficient (Wildman–Crippen LogP) is 3.61. The summed E-state index contributed by atoms with van der Waals surface area (Å²) in [6, 6.07) is 6.37. The minimum absolute atomic E-state index is 0.0280. The van der Waals surface area contributed by atoms with Crippen molar-refractivity contribution in [3.63, 3.8) is 0 Å². The van der Waals surface area contributed by atoms with Crippen LogP contribution in [0.15, 0.2) is 36.9 Å². The Kier molecular flexibility index (Phi) is 6.71. The van der Waals surface area contributed by atoms with Gasteiger partial charge in [-0.2, -0.15) is 0 Å².